The monoisotopic (exact) mass is 487 g/mol. The molecule has 2 amide bonds. The van der Waals surface area contributed by atoms with Crippen LogP contribution in [0.1, 0.15) is 47.5 Å². The molecular weight excluding hydrogens is 457 g/mol. The molecule has 1 unspecified atom stereocenters. The second-order valence-electron chi connectivity index (χ2n) is 7.57. The Morgan fingerprint density at radius 1 is 1.14 bits per heavy atom. The molecule has 7 nitrogen and oxygen atoms in total. The van der Waals surface area contributed by atoms with Gasteiger partial charge in [-0.25, -0.2) is 5.09 Å². The lowest BCUT2D eigenvalue weighted by Crippen LogP contribution is -2.49. The summed E-state index contributed by atoms with van der Waals surface area (Å²) in [6.07, 6.45) is 1.40. The Labute approximate surface area is 183 Å². The first kappa shape index (κ1) is 24.2. The number of anilines is 1. The van der Waals surface area contributed by atoms with Gasteiger partial charge in [0.1, 0.15) is 6.04 Å². The molecule has 0 bridgehead atoms. The lowest BCUT2D eigenvalue weighted by molar-refractivity contribution is -0.137. The normalized spacial score (nSPS) is 18.0. The van der Waals surface area contributed by atoms with Gasteiger partial charge in [0, 0.05) is 11.0 Å². The first-order chi connectivity index (χ1) is 13.7. The molecule has 0 spiro atoms. The van der Waals surface area contributed by atoms with E-state index < -0.39 is 20.6 Å². The number of carbonyl (C=O) groups is 2. The van der Waals surface area contributed by atoms with Crippen molar-refractivity contribution >= 4 is 42.0 Å². The Morgan fingerprint density at radius 2 is 1.76 bits per heavy atom. The Hall–Kier alpha value is -1.05. The van der Waals surface area contributed by atoms with Crippen LogP contribution in [0.5, 0.6) is 0 Å². The summed E-state index contributed by atoms with van der Waals surface area (Å²) in [4.78, 5) is 27.5. The van der Waals surface area contributed by atoms with Gasteiger partial charge in [0.25, 0.3) is 8.53 Å². The van der Waals surface area contributed by atoms with Crippen LogP contribution in [0, 0.1) is 0 Å². The molecule has 0 aliphatic carbocycles. The molecule has 1 aliphatic heterocycles. The molecule has 1 saturated heterocycles. The molecule has 0 saturated carbocycles. The smallest absolute Gasteiger partial charge is 0.257 e. The number of hydrogen-bond acceptors (Lipinski definition) is 5. The fraction of sp³-hybridized carbons (Fsp3) is 0.600. The van der Waals surface area contributed by atoms with E-state index in [1.165, 1.54) is 0 Å². The highest BCUT2D eigenvalue weighted by Crippen LogP contribution is 2.37. The van der Waals surface area contributed by atoms with Crippen LogP contribution in [-0.2, 0) is 18.6 Å². The Kier molecular flexibility index (Phi) is 9.50. The van der Waals surface area contributed by atoms with E-state index >= 15 is 0 Å². The van der Waals surface area contributed by atoms with Crippen LogP contribution in [0.25, 0.3) is 0 Å². The second kappa shape index (κ2) is 11.4. The van der Waals surface area contributed by atoms with Gasteiger partial charge in [0.2, 0.25) is 11.8 Å². The van der Waals surface area contributed by atoms with Crippen LogP contribution in [-0.4, -0.2) is 47.6 Å². The van der Waals surface area contributed by atoms with E-state index in [4.69, 9.17) is 9.05 Å². The van der Waals surface area contributed by atoms with Gasteiger partial charge in [-0.3, -0.25) is 9.59 Å². The third kappa shape index (κ3) is 7.30. The maximum absolute atomic E-state index is 13.1. The van der Waals surface area contributed by atoms with Gasteiger partial charge in [-0.2, -0.15) is 0 Å². The zero-order chi connectivity index (χ0) is 21.6. The summed E-state index contributed by atoms with van der Waals surface area (Å²) in [5.41, 5.74) is 0.696. The summed E-state index contributed by atoms with van der Waals surface area (Å²) in [7, 11) is -1.40. The lowest BCUT2D eigenvalue weighted by atomic mass is 10.2. The third-order valence-corrected chi connectivity index (χ3v) is 6.77. The molecule has 162 valence electrons. The molecule has 2 rings (SSSR count). The van der Waals surface area contributed by atoms with E-state index in [0.29, 0.717) is 18.7 Å². The first-order valence-corrected chi connectivity index (χ1v) is 11.9. The molecule has 0 aromatic heterocycles. The van der Waals surface area contributed by atoms with E-state index in [-0.39, 0.29) is 24.0 Å². The topological polar surface area (TPSA) is 79.9 Å². The van der Waals surface area contributed by atoms with E-state index in [2.05, 4.69) is 26.3 Å². The van der Waals surface area contributed by atoms with E-state index in [1.54, 1.807) is 11.8 Å². The fourth-order valence-corrected chi connectivity index (χ4v) is 4.76. The molecular formula is C20H31BrN3O4P. The molecule has 1 heterocycles. The van der Waals surface area contributed by atoms with Gasteiger partial charge < -0.3 is 19.3 Å². The molecule has 2 atom stereocenters. The average molecular weight is 488 g/mol. The highest BCUT2D eigenvalue weighted by Gasteiger charge is 2.37. The van der Waals surface area contributed by atoms with Crippen LogP contribution < -0.4 is 10.4 Å². The number of para-hydroxylation sites is 1. The maximum Gasteiger partial charge on any atom is 0.257 e. The average Bonchev–Trinajstić information content (AvgIpc) is 3.11. The highest BCUT2D eigenvalue weighted by molar-refractivity contribution is 9.10. The van der Waals surface area contributed by atoms with Crippen molar-refractivity contribution in [1.82, 2.24) is 9.99 Å². The summed E-state index contributed by atoms with van der Waals surface area (Å²) in [5.74, 6) is -0.295. The SMILES string of the molecule is CC(C)OP(NC(C)C(=O)N1CCC[C@H]1C(=O)Nc1ccccc1Br)OC(C)C. The van der Waals surface area contributed by atoms with Crippen molar-refractivity contribution in [2.75, 3.05) is 11.9 Å². The van der Waals surface area contributed by atoms with Crippen LogP contribution in [0.2, 0.25) is 0 Å². The van der Waals surface area contributed by atoms with Gasteiger partial charge in [-0.15, -0.1) is 0 Å². The van der Waals surface area contributed by atoms with Crippen molar-refractivity contribution in [3.63, 3.8) is 0 Å². The molecule has 1 aliphatic rings. The van der Waals surface area contributed by atoms with Gasteiger partial charge in [-0.05, 0) is 75.5 Å². The van der Waals surface area contributed by atoms with Crippen molar-refractivity contribution < 1.29 is 18.6 Å². The van der Waals surface area contributed by atoms with Crippen molar-refractivity contribution in [2.45, 2.75) is 71.8 Å². The van der Waals surface area contributed by atoms with Gasteiger partial charge in [0.05, 0.1) is 23.9 Å². The van der Waals surface area contributed by atoms with Gasteiger partial charge in [-0.1, -0.05) is 12.1 Å². The summed E-state index contributed by atoms with van der Waals surface area (Å²) >= 11 is 3.44. The minimum atomic E-state index is -1.40. The van der Waals surface area contributed by atoms with Crippen LogP contribution in [0.15, 0.2) is 28.7 Å². The molecule has 0 radical (unpaired) electrons. The predicted molar refractivity (Wildman–Crippen MR) is 119 cm³/mol. The number of likely N-dealkylation sites (tertiary alicyclic amines) is 1. The zero-order valence-corrected chi connectivity index (χ0v) is 20.1. The quantitative estimate of drug-likeness (QED) is 0.503. The van der Waals surface area contributed by atoms with Crippen molar-refractivity contribution in [3.05, 3.63) is 28.7 Å². The summed E-state index contributed by atoms with van der Waals surface area (Å²) in [6.45, 7) is 10.1. The zero-order valence-electron chi connectivity index (χ0n) is 17.6. The fourth-order valence-electron chi connectivity index (χ4n) is 3.01. The number of amides is 2. The Bertz CT molecular complexity index is 694. The molecule has 1 fully saturated rings. The lowest BCUT2D eigenvalue weighted by Gasteiger charge is -2.30. The highest BCUT2D eigenvalue weighted by atomic mass is 79.9. The van der Waals surface area contributed by atoms with Crippen molar-refractivity contribution in [3.8, 4) is 0 Å². The Morgan fingerprint density at radius 3 is 2.34 bits per heavy atom. The number of nitrogens with one attached hydrogen (secondary N) is 2. The standard InChI is InChI=1S/C20H31BrN3O4P/c1-13(2)27-29(28-14(3)4)23-15(5)20(26)24-12-8-11-18(24)19(25)22-17-10-7-6-9-16(17)21/h6-7,9-10,13-15,18,23H,8,11-12H2,1-5H3,(H,22,25)/t15?,18-/m0/s1. The van der Waals surface area contributed by atoms with Crippen molar-refractivity contribution in [2.24, 2.45) is 0 Å². The van der Waals surface area contributed by atoms with Crippen LogP contribution in [0.4, 0.5) is 5.69 Å². The molecule has 9 heteroatoms. The van der Waals surface area contributed by atoms with Gasteiger partial charge in [0.15, 0.2) is 0 Å². The summed E-state index contributed by atoms with van der Waals surface area (Å²) < 4.78 is 12.4. The van der Waals surface area contributed by atoms with Crippen molar-refractivity contribution in [1.29, 1.82) is 0 Å². The van der Waals surface area contributed by atoms with E-state index in [9.17, 15) is 9.59 Å². The van der Waals surface area contributed by atoms with Crippen LogP contribution in [0.3, 0.4) is 0 Å². The largest absolute Gasteiger partial charge is 0.329 e. The molecule has 29 heavy (non-hydrogen) atoms. The third-order valence-electron chi connectivity index (χ3n) is 4.25. The minimum Gasteiger partial charge on any atom is -0.329 e. The number of benzene rings is 1. The number of carbonyl (C=O) groups excluding carboxylic acids is 2. The van der Waals surface area contributed by atoms with Crippen LogP contribution >= 0.6 is 24.5 Å². The number of hydrogen-bond donors (Lipinski definition) is 2. The predicted octanol–water partition coefficient (Wildman–Crippen LogP) is 4.43. The summed E-state index contributed by atoms with van der Waals surface area (Å²) in [6, 6.07) is 6.43. The molecule has 2 N–H and O–H groups in total. The van der Waals surface area contributed by atoms with Gasteiger partial charge >= 0.3 is 0 Å². The molecule has 1 aromatic rings. The second-order valence-corrected chi connectivity index (χ2v) is 9.62. The van der Waals surface area contributed by atoms with E-state index in [1.807, 2.05) is 52.0 Å². The maximum atomic E-state index is 13.1. The molecule has 1 aromatic carbocycles. The number of rotatable bonds is 9. The van der Waals surface area contributed by atoms with E-state index in [0.717, 1.165) is 10.9 Å². The minimum absolute atomic E-state index is 0.0238. The first-order valence-electron chi connectivity index (χ1n) is 9.94. The Balaban J connectivity index is 2.02. The summed E-state index contributed by atoms with van der Waals surface area (Å²) in [5, 5.41) is 6.09. The number of nitrogens with zero attached hydrogens (tertiary/aromatic N) is 1. The number of halogens is 1.